The Morgan fingerprint density at radius 3 is 2.50 bits per heavy atom. The number of esters is 2. The average Bonchev–Trinajstić information content (AvgIpc) is 2.99. The van der Waals surface area contributed by atoms with Gasteiger partial charge in [0.25, 0.3) is 0 Å². The van der Waals surface area contributed by atoms with Crippen molar-refractivity contribution in [1.82, 2.24) is 0 Å². The number of hydrogen-bond donors (Lipinski definition) is 3. The van der Waals surface area contributed by atoms with E-state index in [0.29, 0.717) is 12.0 Å². The van der Waals surface area contributed by atoms with Crippen LogP contribution in [0.4, 0.5) is 0 Å². The number of carbonyl (C=O) groups excluding carboxylic acids is 2. The van der Waals surface area contributed by atoms with Gasteiger partial charge in [-0.1, -0.05) is 6.92 Å². The van der Waals surface area contributed by atoms with Crippen LogP contribution < -0.4 is 0 Å². The topological polar surface area (TPSA) is 144 Å². The predicted molar refractivity (Wildman–Crippen MR) is 126 cm³/mol. The normalized spacial score (nSPS) is 61.0. The van der Waals surface area contributed by atoms with Gasteiger partial charge >= 0.3 is 11.9 Å². The van der Waals surface area contributed by atoms with Gasteiger partial charge in [0.2, 0.25) is 0 Å². The highest BCUT2D eigenvalue weighted by molar-refractivity contribution is 5.90. The Bertz CT molecular complexity index is 1180. The zero-order valence-corrected chi connectivity index (χ0v) is 22.1. The smallest absolute Gasteiger partial charge is 0.334 e. The largest absolute Gasteiger partial charge is 0.456 e. The van der Waals surface area contributed by atoms with Crippen LogP contribution in [0.5, 0.6) is 0 Å². The van der Waals surface area contributed by atoms with Gasteiger partial charge in [-0.25, -0.2) is 4.79 Å². The molecular weight excluding hydrogens is 496 g/mol. The van der Waals surface area contributed by atoms with E-state index in [4.69, 9.17) is 23.7 Å². The molecule has 8 rings (SSSR count). The molecule has 0 aromatic carbocycles. The van der Waals surface area contributed by atoms with E-state index in [0.717, 1.165) is 0 Å². The molecule has 0 bridgehead atoms. The summed E-state index contributed by atoms with van der Waals surface area (Å²) in [6.45, 7) is 7.66. The summed E-state index contributed by atoms with van der Waals surface area (Å²) in [5.41, 5.74) is -5.04. The van der Waals surface area contributed by atoms with Crippen LogP contribution >= 0.6 is 0 Å². The number of aliphatic hydroxyl groups excluding tert-OH is 2. The number of cyclic esters (lactones) is 1. The molecule has 0 aromatic heterocycles. The maximum Gasteiger partial charge on any atom is 0.334 e. The van der Waals surface area contributed by atoms with Crippen LogP contribution in [0.15, 0.2) is 11.6 Å². The highest BCUT2D eigenvalue weighted by Gasteiger charge is 2.91. The van der Waals surface area contributed by atoms with Crippen LogP contribution in [0.25, 0.3) is 0 Å². The van der Waals surface area contributed by atoms with Gasteiger partial charge in [0.15, 0.2) is 0 Å². The van der Waals surface area contributed by atoms with Crippen molar-refractivity contribution < 1.29 is 48.6 Å². The minimum atomic E-state index is -1.57. The Morgan fingerprint density at radius 2 is 1.79 bits per heavy atom. The predicted octanol–water partition coefficient (Wildman–Crippen LogP) is 0.535. The molecule has 0 amide bonds. The first-order chi connectivity index (χ1) is 17.8. The van der Waals surface area contributed by atoms with E-state index in [-0.39, 0.29) is 61.5 Å². The summed E-state index contributed by atoms with van der Waals surface area (Å²) >= 11 is 0. The van der Waals surface area contributed by atoms with Crippen molar-refractivity contribution in [2.45, 2.75) is 124 Å². The lowest BCUT2D eigenvalue weighted by molar-refractivity contribution is -0.269. The maximum absolute atomic E-state index is 12.5. The summed E-state index contributed by atoms with van der Waals surface area (Å²) in [4.78, 5) is 24.7. The molecule has 5 aliphatic heterocycles. The van der Waals surface area contributed by atoms with Gasteiger partial charge in [0, 0.05) is 36.2 Å². The van der Waals surface area contributed by atoms with E-state index in [1.165, 1.54) is 0 Å². The summed E-state index contributed by atoms with van der Waals surface area (Å²) in [6, 6.07) is 0. The molecule has 8 aliphatic rings. The summed E-state index contributed by atoms with van der Waals surface area (Å²) in [5.74, 6) is -1.97. The third-order valence-electron chi connectivity index (χ3n) is 11.8. The Hall–Kier alpha value is -1.56. The SMILES string of the molecule is CC1=CC([C@@H]2O[C@@]34[C@H](C[C@@H]5O[C@@]53[C@@H]3[C@H](O)C[C@H]5C(C)(C)O[C@@H]6CC(=O)O[C@@]65C[C@@]3(O)C[C@@H]4O)[C@H]2C)OC1=O. The van der Waals surface area contributed by atoms with Gasteiger partial charge < -0.3 is 39.0 Å². The van der Waals surface area contributed by atoms with Gasteiger partial charge in [-0.2, -0.15) is 0 Å². The van der Waals surface area contributed by atoms with Crippen LogP contribution in [0.3, 0.4) is 0 Å². The fourth-order valence-corrected chi connectivity index (χ4v) is 10.6. The summed E-state index contributed by atoms with van der Waals surface area (Å²) in [7, 11) is 0. The molecule has 4 saturated heterocycles. The Morgan fingerprint density at radius 1 is 1.03 bits per heavy atom. The number of hydrogen-bond acceptors (Lipinski definition) is 10. The van der Waals surface area contributed by atoms with E-state index in [2.05, 4.69) is 6.92 Å². The standard InChI is InChI=1S/C28H36O10/c1-11-5-15(34-23(11)32)21-12(2)13-6-19-28(36-19)22-14(29)7-16-24(3,4)35-18-8-20(31)37-26(16,18)10-25(22,33)9-17(30)27(13,28)38-21/h5,12-19,21-22,29-30,33H,6-10H2,1-4H3/t12-,13-,14-,15?,16+,17+,18-,19+,21-,22-,25+,26-,27-,28-/m1/s1. The molecule has 0 aromatic rings. The van der Waals surface area contributed by atoms with Crippen molar-refractivity contribution in [2.75, 3.05) is 0 Å². The van der Waals surface area contributed by atoms with Crippen LogP contribution in [0, 0.1) is 23.7 Å². The summed E-state index contributed by atoms with van der Waals surface area (Å²) < 4.78 is 31.2. The maximum atomic E-state index is 12.5. The highest BCUT2D eigenvalue weighted by atomic mass is 16.7. The van der Waals surface area contributed by atoms with E-state index in [9.17, 15) is 24.9 Å². The molecule has 38 heavy (non-hydrogen) atoms. The Balaban J connectivity index is 1.22. The Kier molecular flexibility index (Phi) is 4.36. The zero-order chi connectivity index (χ0) is 26.8. The monoisotopic (exact) mass is 532 g/mol. The van der Waals surface area contributed by atoms with Gasteiger partial charge in [0.1, 0.15) is 35.1 Å². The second kappa shape index (κ2) is 6.83. The number of aliphatic hydroxyl groups is 3. The fourth-order valence-electron chi connectivity index (χ4n) is 10.6. The molecule has 3 aliphatic carbocycles. The molecule has 3 N–H and O–H groups in total. The first kappa shape index (κ1) is 24.3. The van der Waals surface area contributed by atoms with Crippen LogP contribution in [-0.4, -0.2) is 91.9 Å². The van der Waals surface area contributed by atoms with Crippen molar-refractivity contribution in [3.05, 3.63) is 11.6 Å². The lowest BCUT2D eigenvalue weighted by atomic mass is 9.56. The lowest BCUT2D eigenvalue weighted by Gasteiger charge is -2.56. The first-order valence-corrected chi connectivity index (χ1v) is 14.0. The number of ether oxygens (including phenoxy) is 5. The van der Waals surface area contributed by atoms with Crippen molar-refractivity contribution >= 4 is 11.9 Å². The van der Waals surface area contributed by atoms with Crippen LogP contribution in [0.1, 0.15) is 59.8 Å². The first-order valence-electron chi connectivity index (χ1n) is 14.0. The minimum Gasteiger partial charge on any atom is -0.456 e. The number of carbonyl (C=O) groups is 2. The lowest BCUT2D eigenvalue weighted by Crippen LogP contribution is -2.72. The third kappa shape index (κ3) is 2.49. The fraction of sp³-hybridized carbons (Fsp3) is 0.857. The van der Waals surface area contributed by atoms with Crippen molar-refractivity contribution in [3.8, 4) is 0 Å². The molecule has 14 atom stereocenters. The molecule has 5 heterocycles. The quantitative estimate of drug-likeness (QED) is 0.323. The zero-order valence-electron chi connectivity index (χ0n) is 22.1. The van der Waals surface area contributed by atoms with Crippen LogP contribution in [0.2, 0.25) is 0 Å². The van der Waals surface area contributed by atoms with Crippen LogP contribution in [-0.2, 0) is 33.3 Å². The second-order valence-electron chi connectivity index (χ2n) is 13.9. The molecule has 208 valence electrons. The number of fused-ring (bicyclic) bond motifs is 1. The molecule has 0 radical (unpaired) electrons. The van der Waals surface area contributed by atoms with Crippen molar-refractivity contribution in [2.24, 2.45) is 23.7 Å². The highest BCUT2D eigenvalue weighted by Crippen LogP contribution is 2.76. The molecule has 3 spiro atoms. The summed E-state index contributed by atoms with van der Waals surface area (Å²) in [5, 5.41) is 36.3. The van der Waals surface area contributed by atoms with Gasteiger partial charge in [-0.05, 0) is 45.6 Å². The van der Waals surface area contributed by atoms with Gasteiger partial charge in [-0.15, -0.1) is 0 Å². The number of epoxide rings is 1. The molecular formula is C28H36O10. The average molecular weight is 533 g/mol. The van der Waals surface area contributed by atoms with E-state index in [1.807, 2.05) is 13.8 Å². The van der Waals surface area contributed by atoms with Gasteiger partial charge in [-0.3, -0.25) is 4.79 Å². The molecule has 10 nitrogen and oxygen atoms in total. The molecule has 1 unspecified atom stereocenters. The number of rotatable bonds is 1. The van der Waals surface area contributed by atoms with Crippen molar-refractivity contribution in [1.29, 1.82) is 0 Å². The van der Waals surface area contributed by atoms with E-state index < -0.39 is 64.4 Å². The third-order valence-corrected chi connectivity index (χ3v) is 11.8. The molecule has 7 fully saturated rings. The molecule has 10 heteroatoms. The van der Waals surface area contributed by atoms with E-state index >= 15 is 0 Å². The molecule has 3 saturated carbocycles. The Labute approximate surface area is 220 Å². The van der Waals surface area contributed by atoms with Gasteiger partial charge in [0.05, 0.1) is 35.9 Å². The second-order valence-corrected chi connectivity index (χ2v) is 13.9. The summed E-state index contributed by atoms with van der Waals surface area (Å²) in [6.07, 6.45) is -1.16. The van der Waals surface area contributed by atoms with E-state index in [1.54, 1.807) is 13.0 Å². The minimum absolute atomic E-state index is 0.0440. The van der Waals surface area contributed by atoms with Crippen molar-refractivity contribution in [3.63, 3.8) is 0 Å².